The van der Waals surface area contributed by atoms with Crippen LogP contribution in [-0.2, 0) is 17.3 Å². The second-order valence-electron chi connectivity index (χ2n) is 8.63. The number of hydrogen-bond donors (Lipinski definition) is 2. The molecular weight excluding hydrogens is 395 g/mol. The fourth-order valence-electron chi connectivity index (χ4n) is 3.79. The molecule has 9 heteroatoms. The van der Waals surface area contributed by atoms with Crippen LogP contribution >= 0.6 is 0 Å². The summed E-state index contributed by atoms with van der Waals surface area (Å²) >= 11 is 0. The predicted octanol–water partition coefficient (Wildman–Crippen LogP) is 3.75. The molecule has 1 unspecified atom stereocenters. The molecule has 2 aromatic heterocycles. The van der Waals surface area contributed by atoms with E-state index in [-0.39, 0.29) is 0 Å². The molecule has 0 bridgehead atoms. The summed E-state index contributed by atoms with van der Waals surface area (Å²) in [5.74, 6) is 1.86. The smallest absolute Gasteiger partial charge is 0.383 e. The standard InChI is InChI=1S/C13H13F3N4.C8H15NO/c14-13(15,16)9-4-8(5-19-12(9)17)10-6-18-11(20-10)3-7-1-2-7;1-7-2-3-9(4-7)8-5-10-6-8/h4-7H,1-3H2,(H2,17,19)(H,18,20);7-8H,2-6H2,1H3. The highest BCUT2D eigenvalue weighted by molar-refractivity contribution is 5.61. The molecule has 4 heterocycles. The highest BCUT2D eigenvalue weighted by atomic mass is 19.4. The first-order valence-electron chi connectivity index (χ1n) is 10.5. The minimum atomic E-state index is -4.51. The first-order valence-corrected chi connectivity index (χ1v) is 10.5. The van der Waals surface area contributed by atoms with Crippen LogP contribution in [0.1, 0.15) is 37.6 Å². The average Bonchev–Trinajstić information content (AvgIpc) is 3.15. The number of hydrogen-bond acceptors (Lipinski definition) is 5. The van der Waals surface area contributed by atoms with Crippen molar-refractivity contribution in [2.45, 2.75) is 44.8 Å². The number of rotatable bonds is 4. The zero-order chi connectivity index (χ0) is 21.3. The van der Waals surface area contributed by atoms with E-state index in [1.807, 2.05) is 0 Å². The molecule has 3 N–H and O–H groups in total. The van der Waals surface area contributed by atoms with E-state index in [9.17, 15) is 13.2 Å². The first-order chi connectivity index (χ1) is 14.3. The van der Waals surface area contributed by atoms with Gasteiger partial charge in [-0.1, -0.05) is 6.92 Å². The molecule has 0 radical (unpaired) electrons. The number of likely N-dealkylation sites (tertiary alicyclic amines) is 1. The molecule has 1 aliphatic carbocycles. The molecule has 30 heavy (non-hydrogen) atoms. The van der Waals surface area contributed by atoms with Crippen molar-refractivity contribution in [1.29, 1.82) is 0 Å². The Hall–Kier alpha value is -2.13. The highest BCUT2D eigenvalue weighted by Gasteiger charge is 2.34. The molecule has 1 saturated carbocycles. The summed E-state index contributed by atoms with van der Waals surface area (Å²) in [6.07, 6.45) is 2.95. The maximum Gasteiger partial charge on any atom is 0.419 e. The number of alkyl halides is 3. The van der Waals surface area contributed by atoms with Crippen molar-refractivity contribution in [1.82, 2.24) is 19.9 Å². The number of imidazole rings is 1. The molecule has 3 aliphatic rings. The van der Waals surface area contributed by atoms with Gasteiger partial charge in [-0.05, 0) is 43.7 Å². The van der Waals surface area contributed by atoms with Gasteiger partial charge in [0.05, 0.1) is 36.7 Å². The lowest BCUT2D eigenvalue weighted by Gasteiger charge is -2.34. The zero-order valence-electron chi connectivity index (χ0n) is 17.1. The number of nitrogens with two attached hydrogens (primary N) is 1. The number of aromatic amines is 1. The second-order valence-corrected chi connectivity index (χ2v) is 8.63. The summed E-state index contributed by atoms with van der Waals surface area (Å²) in [5.41, 5.74) is 5.21. The van der Waals surface area contributed by atoms with E-state index in [1.165, 1.54) is 44.7 Å². The quantitative estimate of drug-likeness (QED) is 0.783. The van der Waals surface area contributed by atoms with Crippen molar-refractivity contribution in [3.05, 3.63) is 29.8 Å². The van der Waals surface area contributed by atoms with Crippen molar-refractivity contribution in [2.75, 3.05) is 32.0 Å². The molecule has 2 aromatic rings. The molecule has 164 valence electrons. The average molecular weight is 423 g/mol. The highest BCUT2D eigenvalue weighted by Crippen LogP contribution is 2.35. The van der Waals surface area contributed by atoms with Gasteiger partial charge in [0.2, 0.25) is 0 Å². The Balaban J connectivity index is 0.000000181. The zero-order valence-corrected chi connectivity index (χ0v) is 17.1. The fraction of sp³-hybridized carbons (Fsp3) is 0.619. The van der Waals surface area contributed by atoms with Crippen LogP contribution in [0.5, 0.6) is 0 Å². The normalized spacial score (nSPS) is 22.5. The van der Waals surface area contributed by atoms with Gasteiger partial charge in [0.25, 0.3) is 0 Å². The van der Waals surface area contributed by atoms with E-state index in [0.717, 1.165) is 43.5 Å². The second kappa shape index (κ2) is 8.55. The van der Waals surface area contributed by atoms with Gasteiger partial charge in [-0.25, -0.2) is 9.97 Å². The largest absolute Gasteiger partial charge is 0.419 e. The number of aromatic nitrogens is 3. The van der Waals surface area contributed by atoms with Crippen LogP contribution in [0.25, 0.3) is 11.3 Å². The first kappa shape index (κ1) is 21.1. The molecule has 0 aromatic carbocycles. The Morgan fingerprint density at radius 2 is 1.97 bits per heavy atom. The lowest BCUT2D eigenvalue weighted by molar-refractivity contribution is -0.137. The molecule has 0 spiro atoms. The van der Waals surface area contributed by atoms with Crippen molar-refractivity contribution < 1.29 is 17.9 Å². The van der Waals surface area contributed by atoms with Gasteiger partial charge in [-0.15, -0.1) is 0 Å². The Labute approximate surface area is 174 Å². The molecular formula is C21H28F3N5O. The van der Waals surface area contributed by atoms with Crippen molar-refractivity contribution in [2.24, 2.45) is 11.8 Å². The number of halogens is 3. The summed E-state index contributed by atoms with van der Waals surface area (Å²) in [7, 11) is 0. The van der Waals surface area contributed by atoms with Gasteiger partial charge in [0.1, 0.15) is 11.6 Å². The van der Waals surface area contributed by atoms with Crippen LogP contribution in [0.4, 0.5) is 19.0 Å². The van der Waals surface area contributed by atoms with Crippen molar-refractivity contribution in [3.8, 4) is 11.3 Å². The van der Waals surface area contributed by atoms with E-state index < -0.39 is 17.6 Å². The topological polar surface area (TPSA) is 80.1 Å². The van der Waals surface area contributed by atoms with Crippen LogP contribution in [-0.4, -0.2) is 52.2 Å². The summed E-state index contributed by atoms with van der Waals surface area (Å²) in [4.78, 5) is 13.4. The van der Waals surface area contributed by atoms with Crippen molar-refractivity contribution >= 4 is 5.82 Å². The molecule has 2 aliphatic heterocycles. The van der Waals surface area contributed by atoms with E-state index in [4.69, 9.17) is 10.5 Å². The number of nitrogen functional groups attached to an aromatic ring is 1. The van der Waals surface area contributed by atoms with Crippen LogP contribution < -0.4 is 5.73 Å². The number of nitrogens with one attached hydrogen (secondary N) is 1. The van der Waals surface area contributed by atoms with E-state index in [1.54, 1.807) is 0 Å². The number of anilines is 1. The van der Waals surface area contributed by atoms with Gasteiger partial charge in [-0.2, -0.15) is 13.2 Å². The number of pyridine rings is 1. The summed E-state index contributed by atoms with van der Waals surface area (Å²) < 4.78 is 43.5. The Morgan fingerprint density at radius 1 is 1.20 bits per heavy atom. The maximum atomic E-state index is 12.8. The molecule has 3 fully saturated rings. The molecule has 1 atom stereocenters. The third-order valence-electron chi connectivity index (χ3n) is 5.93. The van der Waals surface area contributed by atoms with E-state index in [0.29, 0.717) is 17.2 Å². The lowest BCUT2D eigenvalue weighted by Crippen LogP contribution is -2.47. The lowest BCUT2D eigenvalue weighted by atomic mass is 10.1. The predicted molar refractivity (Wildman–Crippen MR) is 108 cm³/mol. The Kier molecular flexibility index (Phi) is 6.02. The summed E-state index contributed by atoms with van der Waals surface area (Å²) in [5, 5.41) is 0. The minimum Gasteiger partial charge on any atom is -0.383 e. The van der Waals surface area contributed by atoms with Crippen LogP contribution in [0, 0.1) is 11.8 Å². The monoisotopic (exact) mass is 423 g/mol. The van der Waals surface area contributed by atoms with Gasteiger partial charge in [0.15, 0.2) is 0 Å². The number of ether oxygens (including phenoxy) is 1. The minimum absolute atomic E-state index is 0.334. The SMILES string of the molecule is CC1CCN(C2COC2)C1.Nc1ncc(-c2cnc(CC3CC3)[nH]2)cc1C(F)(F)F. The van der Waals surface area contributed by atoms with Crippen LogP contribution in [0.3, 0.4) is 0 Å². The fourth-order valence-corrected chi connectivity index (χ4v) is 3.79. The third-order valence-corrected chi connectivity index (χ3v) is 5.93. The maximum absolute atomic E-state index is 12.8. The van der Waals surface area contributed by atoms with Gasteiger partial charge in [-0.3, -0.25) is 4.90 Å². The van der Waals surface area contributed by atoms with E-state index >= 15 is 0 Å². The summed E-state index contributed by atoms with van der Waals surface area (Å²) in [6, 6.07) is 1.77. The molecule has 2 saturated heterocycles. The summed E-state index contributed by atoms with van der Waals surface area (Å²) in [6.45, 7) is 6.89. The Bertz CT molecular complexity index is 861. The van der Waals surface area contributed by atoms with Crippen molar-refractivity contribution in [3.63, 3.8) is 0 Å². The van der Waals surface area contributed by atoms with Gasteiger partial charge < -0.3 is 15.5 Å². The number of nitrogens with zero attached hydrogens (tertiary/aromatic N) is 3. The van der Waals surface area contributed by atoms with E-state index in [2.05, 4.69) is 26.8 Å². The van der Waals surface area contributed by atoms with Gasteiger partial charge >= 0.3 is 6.18 Å². The van der Waals surface area contributed by atoms with Gasteiger partial charge in [0, 0.05) is 24.7 Å². The molecule has 5 rings (SSSR count). The molecule has 6 nitrogen and oxygen atoms in total. The van der Waals surface area contributed by atoms with Crippen LogP contribution in [0.15, 0.2) is 18.5 Å². The van der Waals surface area contributed by atoms with Crippen LogP contribution in [0.2, 0.25) is 0 Å². The third kappa shape index (κ3) is 5.13. The Morgan fingerprint density at radius 3 is 2.53 bits per heavy atom. The number of H-pyrrole nitrogens is 1. The molecule has 0 amide bonds.